The van der Waals surface area contributed by atoms with E-state index in [-0.39, 0.29) is 17.8 Å². The second-order valence-corrected chi connectivity index (χ2v) is 8.82. The average Bonchev–Trinajstić information content (AvgIpc) is 2.96. The summed E-state index contributed by atoms with van der Waals surface area (Å²) in [5.74, 6) is 1.04. The highest BCUT2D eigenvalue weighted by Crippen LogP contribution is 2.26. The Bertz CT molecular complexity index is 854. The zero-order chi connectivity index (χ0) is 21.1. The Morgan fingerprint density at radius 3 is 2.66 bits per heavy atom. The maximum Gasteiger partial charge on any atom is 0.167 e. The molecule has 1 aliphatic heterocycles. The molecule has 2 aromatic rings. The van der Waals surface area contributed by atoms with E-state index >= 15 is 0 Å². The van der Waals surface area contributed by atoms with Gasteiger partial charge in [0, 0.05) is 41.9 Å². The van der Waals surface area contributed by atoms with E-state index in [9.17, 15) is 4.79 Å². The van der Waals surface area contributed by atoms with Crippen LogP contribution in [0.3, 0.4) is 0 Å². The molecule has 1 saturated heterocycles. The smallest absolute Gasteiger partial charge is 0.167 e. The summed E-state index contributed by atoms with van der Waals surface area (Å²) < 4.78 is 7.88. The van der Waals surface area contributed by atoms with Crippen LogP contribution < -0.4 is 4.74 Å². The van der Waals surface area contributed by atoms with Gasteiger partial charge < -0.3 is 4.74 Å². The monoisotopic (exact) mass is 397 g/mol. The lowest BCUT2D eigenvalue weighted by molar-refractivity contribution is 0.0810. The van der Waals surface area contributed by atoms with E-state index in [0.717, 1.165) is 49.5 Å². The van der Waals surface area contributed by atoms with Gasteiger partial charge in [-0.1, -0.05) is 12.1 Å². The van der Waals surface area contributed by atoms with E-state index in [1.54, 1.807) is 0 Å². The number of aromatic nitrogens is 2. The summed E-state index contributed by atoms with van der Waals surface area (Å²) in [5, 5.41) is 4.72. The Labute approximate surface area is 175 Å². The van der Waals surface area contributed by atoms with Crippen molar-refractivity contribution in [2.75, 3.05) is 13.1 Å². The normalized spacial score (nSPS) is 17.9. The third kappa shape index (κ3) is 5.08. The van der Waals surface area contributed by atoms with Crippen LogP contribution in [0, 0.1) is 19.8 Å². The van der Waals surface area contributed by atoms with Crippen LogP contribution in [0.1, 0.15) is 73.9 Å². The Kier molecular flexibility index (Phi) is 6.78. The SMILES string of the molecule is Cc1nn(C(C)C)c(C)c1CN1CCC[C@@H](C(=O)c2cccc(OC(C)C)c2)C1. The zero-order valence-corrected chi connectivity index (χ0v) is 18.7. The number of benzene rings is 1. The van der Waals surface area contributed by atoms with E-state index in [4.69, 9.17) is 9.84 Å². The predicted molar refractivity (Wildman–Crippen MR) is 117 cm³/mol. The van der Waals surface area contributed by atoms with Gasteiger partial charge in [-0.3, -0.25) is 14.4 Å². The fourth-order valence-corrected chi connectivity index (χ4v) is 4.30. The van der Waals surface area contributed by atoms with Gasteiger partial charge >= 0.3 is 0 Å². The van der Waals surface area contributed by atoms with Crippen molar-refractivity contribution in [3.63, 3.8) is 0 Å². The standard InChI is InChI=1S/C24H35N3O2/c1-16(2)27-19(6)23(18(5)25-27)15-26-12-8-10-21(14-26)24(28)20-9-7-11-22(13-20)29-17(3)4/h7,9,11,13,16-17,21H,8,10,12,14-15H2,1-6H3/t21-/m1/s1. The number of ether oxygens (including phenoxy) is 1. The minimum absolute atomic E-state index is 0.0406. The molecule has 1 aromatic heterocycles. The van der Waals surface area contributed by atoms with Gasteiger partial charge in [-0.15, -0.1) is 0 Å². The molecule has 0 saturated carbocycles. The Balaban J connectivity index is 1.70. The summed E-state index contributed by atoms with van der Waals surface area (Å²) >= 11 is 0. The molecule has 0 spiro atoms. The Morgan fingerprint density at radius 2 is 2.00 bits per heavy atom. The van der Waals surface area contributed by atoms with Gasteiger partial charge in [0.25, 0.3) is 0 Å². The van der Waals surface area contributed by atoms with Crippen LogP contribution in [-0.4, -0.2) is 39.7 Å². The van der Waals surface area contributed by atoms with E-state index in [1.165, 1.54) is 11.3 Å². The highest BCUT2D eigenvalue weighted by atomic mass is 16.5. The van der Waals surface area contributed by atoms with Crippen molar-refractivity contribution in [1.82, 2.24) is 14.7 Å². The van der Waals surface area contributed by atoms with Gasteiger partial charge in [0.1, 0.15) is 5.75 Å². The first-order valence-corrected chi connectivity index (χ1v) is 10.8. The highest BCUT2D eigenvalue weighted by molar-refractivity contribution is 5.98. The molecule has 5 heteroatoms. The molecule has 5 nitrogen and oxygen atoms in total. The number of hydrogen-bond donors (Lipinski definition) is 0. The number of hydrogen-bond acceptors (Lipinski definition) is 4. The maximum absolute atomic E-state index is 13.2. The van der Waals surface area contributed by atoms with Gasteiger partial charge in [-0.2, -0.15) is 5.10 Å². The first kappa shape index (κ1) is 21.6. The lowest BCUT2D eigenvalue weighted by Gasteiger charge is -2.32. The first-order valence-electron chi connectivity index (χ1n) is 10.8. The molecule has 2 heterocycles. The number of rotatable bonds is 7. The van der Waals surface area contributed by atoms with E-state index < -0.39 is 0 Å². The molecule has 1 aliphatic rings. The van der Waals surface area contributed by atoms with Crippen molar-refractivity contribution in [3.05, 3.63) is 46.8 Å². The quantitative estimate of drug-likeness (QED) is 0.619. The van der Waals surface area contributed by atoms with Gasteiger partial charge in [0.15, 0.2) is 5.78 Å². The van der Waals surface area contributed by atoms with Crippen LogP contribution in [0.25, 0.3) is 0 Å². The lowest BCUT2D eigenvalue weighted by Crippen LogP contribution is -2.38. The first-order chi connectivity index (χ1) is 13.8. The van der Waals surface area contributed by atoms with E-state index in [1.807, 2.05) is 38.1 Å². The zero-order valence-electron chi connectivity index (χ0n) is 18.7. The molecule has 158 valence electrons. The molecular weight excluding hydrogens is 362 g/mol. The lowest BCUT2D eigenvalue weighted by atomic mass is 9.89. The van der Waals surface area contributed by atoms with Crippen molar-refractivity contribution < 1.29 is 9.53 Å². The molecule has 0 N–H and O–H groups in total. The molecule has 0 aliphatic carbocycles. The minimum Gasteiger partial charge on any atom is -0.491 e. The van der Waals surface area contributed by atoms with Crippen LogP contribution in [-0.2, 0) is 6.54 Å². The number of carbonyl (C=O) groups excluding carboxylic acids is 1. The molecular formula is C24H35N3O2. The van der Waals surface area contributed by atoms with Crippen LogP contribution >= 0.6 is 0 Å². The van der Waals surface area contributed by atoms with Crippen molar-refractivity contribution in [2.45, 2.75) is 73.1 Å². The van der Waals surface area contributed by atoms with E-state index in [2.05, 4.69) is 37.3 Å². The molecule has 1 atom stereocenters. The van der Waals surface area contributed by atoms with Gasteiger partial charge in [-0.05, 0) is 73.1 Å². The molecule has 0 bridgehead atoms. The Hall–Kier alpha value is -2.14. The maximum atomic E-state index is 13.2. The minimum atomic E-state index is 0.0406. The largest absolute Gasteiger partial charge is 0.491 e. The molecule has 3 rings (SSSR count). The number of ketones is 1. The summed E-state index contributed by atoms with van der Waals surface area (Å²) in [5.41, 5.74) is 4.40. The third-order valence-electron chi connectivity index (χ3n) is 5.71. The molecule has 0 radical (unpaired) electrons. The van der Waals surface area contributed by atoms with Crippen molar-refractivity contribution in [1.29, 1.82) is 0 Å². The fraction of sp³-hybridized carbons (Fsp3) is 0.583. The van der Waals surface area contributed by atoms with Crippen LogP contribution in [0.2, 0.25) is 0 Å². The van der Waals surface area contributed by atoms with Crippen molar-refractivity contribution in [2.24, 2.45) is 5.92 Å². The predicted octanol–water partition coefficient (Wildman–Crippen LogP) is 4.96. The third-order valence-corrected chi connectivity index (χ3v) is 5.71. The van der Waals surface area contributed by atoms with Crippen LogP contribution in [0.5, 0.6) is 5.75 Å². The molecule has 0 amide bonds. The van der Waals surface area contributed by atoms with Gasteiger partial charge in [0.05, 0.1) is 11.8 Å². The molecule has 1 fully saturated rings. The average molecular weight is 398 g/mol. The van der Waals surface area contributed by atoms with Crippen molar-refractivity contribution >= 4 is 5.78 Å². The second-order valence-electron chi connectivity index (χ2n) is 8.82. The summed E-state index contributed by atoms with van der Waals surface area (Å²) in [6.45, 7) is 15.3. The number of nitrogens with zero attached hydrogens (tertiary/aromatic N) is 3. The number of piperidine rings is 1. The highest BCUT2D eigenvalue weighted by Gasteiger charge is 2.28. The molecule has 1 aromatic carbocycles. The Morgan fingerprint density at radius 1 is 1.24 bits per heavy atom. The number of aryl methyl sites for hydroxylation is 1. The molecule has 0 unspecified atom stereocenters. The van der Waals surface area contributed by atoms with Crippen molar-refractivity contribution in [3.8, 4) is 5.75 Å². The second kappa shape index (κ2) is 9.12. The van der Waals surface area contributed by atoms with Gasteiger partial charge in [-0.25, -0.2) is 0 Å². The van der Waals surface area contributed by atoms with Gasteiger partial charge in [0.2, 0.25) is 0 Å². The number of Topliss-reactive ketones (excluding diaryl/α,β-unsaturated/α-hetero) is 1. The molecule has 29 heavy (non-hydrogen) atoms. The summed E-state index contributed by atoms with van der Waals surface area (Å²) in [4.78, 5) is 15.6. The van der Waals surface area contributed by atoms with E-state index in [0.29, 0.717) is 6.04 Å². The summed E-state index contributed by atoms with van der Waals surface area (Å²) in [6, 6.07) is 8.00. The number of carbonyl (C=O) groups is 1. The van der Waals surface area contributed by atoms with Crippen LogP contribution in [0.4, 0.5) is 0 Å². The van der Waals surface area contributed by atoms with Crippen LogP contribution in [0.15, 0.2) is 24.3 Å². The summed E-state index contributed by atoms with van der Waals surface area (Å²) in [6.07, 6.45) is 2.10. The number of likely N-dealkylation sites (tertiary alicyclic amines) is 1. The fourth-order valence-electron chi connectivity index (χ4n) is 4.30. The topological polar surface area (TPSA) is 47.4 Å². The summed E-state index contributed by atoms with van der Waals surface area (Å²) in [7, 11) is 0.